The van der Waals surface area contributed by atoms with Gasteiger partial charge in [-0.2, -0.15) is 20.0 Å². The summed E-state index contributed by atoms with van der Waals surface area (Å²) >= 11 is 1.51. The Morgan fingerprint density at radius 3 is 2.16 bits per heavy atom. The average molecular weight is 357 g/mol. The molecule has 1 aliphatic rings. The minimum absolute atomic E-state index is 0.0847. The normalized spacial score (nSPS) is 12.6. The molecule has 2 aromatic rings. The summed E-state index contributed by atoms with van der Waals surface area (Å²) < 4.78 is 0. The molecule has 0 bridgehead atoms. The molecule has 0 saturated carbocycles. The number of carbonyl (C=O) groups is 1. The molecule has 0 saturated heterocycles. The Morgan fingerprint density at radius 1 is 1.00 bits per heavy atom. The van der Waals surface area contributed by atoms with E-state index in [-0.39, 0.29) is 11.7 Å². The van der Waals surface area contributed by atoms with E-state index in [9.17, 15) is 4.79 Å². The van der Waals surface area contributed by atoms with E-state index < -0.39 is 0 Å². The lowest BCUT2D eigenvalue weighted by atomic mass is 10.2. The van der Waals surface area contributed by atoms with Gasteiger partial charge in [0.1, 0.15) is 0 Å². The molecular weight excluding hydrogens is 338 g/mol. The van der Waals surface area contributed by atoms with Gasteiger partial charge in [0.15, 0.2) is 0 Å². The van der Waals surface area contributed by atoms with Crippen LogP contribution in [-0.4, -0.2) is 59.2 Å². The maximum absolute atomic E-state index is 12.6. The standard InChI is InChI=1S/C16H19N7OS/c1-21(2)14-17-12(18-15(19-14)22(3)4)13(24)23-16(20-23)25-10-11-8-6-5-7-9-11/h5-9H,10H2,1-4H3. The first-order valence-corrected chi connectivity index (χ1v) is 8.65. The van der Waals surface area contributed by atoms with Gasteiger partial charge in [0.05, 0.1) is 0 Å². The lowest BCUT2D eigenvalue weighted by Gasteiger charge is -2.15. The molecule has 8 nitrogen and oxygen atoms in total. The molecule has 2 heterocycles. The van der Waals surface area contributed by atoms with Crippen LogP contribution >= 0.6 is 11.8 Å². The van der Waals surface area contributed by atoms with Crippen LogP contribution in [0.1, 0.15) is 16.2 Å². The first kappa shape index (κ1) is 17.2. The van der Waals surface area contributed by atoms with E-state index >= 15 is 0 Å². The highest BCUT2D eigenvalue weighted by atomic mass is 32.2. The highest BCUT2D eigenvalue weighted by molar-refractivity contribution is 8.13. The van der Waals surface area contributed by atoms with E-state index in [4.69, 9.17) is 0 Å². The third-order valence-corrected chi connectivity index (χ3v) is 4.32. The van der Waals surface area contributed by atoms with Crippen LogP contribution in [0.5, 0.6) is 0 Å². The minimum Gasteiger partial charge on any atom is -0.347 e. The summed E-state index contributed by atoms with van der Waals surface area (Å²) in [6.07, 6.45) is 0. The van der Waals surface area contributed by atoms with Gasteiger partial charge in [0, 0.05) is 33.9 Å². The fourth-order valence-electron chi connectivity index (χ4n) is 1.95. The Morgan fingerprint density at radius 2 is 1.60 bits per heavy atom. The fourth-order valence-corrected chi connectivity index (χ4v) is 2.78. The average Bonchev–Trinajstić information content (AvgIpc) is 3.39. The van der Waals surface area contributed by atoms with Gasteiger partial charge < -0.3 is 9.80 Å². The summed E-state index contributed by atoms with van der Waals surface area (Å²) in [5.41, 5.74) is 1.18. The lowest BCUT2D eigenvalue weighted by molar-refractivity contribution is 0.0877. The van der Waals surface area contributed by atoms with Crippen molar-refractivity contribution >= 4 is 34.7 Å². The summed E-state index contributed by atoms with van der Waals surface area (Å²) in [7, 11) is 7.27. The van der Waals surface area contributed by atoms with Crippen LogP contribution in [0, 0.1) is 0 Å². The summed E-state index contributed by atoms with van der Waals surface area (Å²) in [5.74, 6) is 1.36. The van der Waals surface area contributed by atoms with Gasteiger partial charge in [-0.25, -0.2) is 0 Å². The van der Waals surface area contributed by atoms with Crippen molar-refractivity contribution in [3.63, 3.8) is 0 Å². The van der Waals surface area contributed by atoms with Gasteiger partial charge in [-0.05, 0) is 5.56 Å². The zero-order chi connectivity index (χ0) is 18.0. The van der Waals surface area contributed by atoms with Crippen LogP contribution in [0.2, 0.25) is 0 Å². The number of aromatic nitrogens is 3. The maximum Gasteiger partial charge on any atom is 0.318 e. The molecule has 130 valence electrons. The molecule has 0 fully saturated rings. The predicted octanol–water partition coefficient (Wildman–Crippen LogP) is 1.66. The van der Waals surface area contributed by atoms with Gasteiger partial charge in [-0.3, -0.25) is 4.79 Å². The second-order valence-electron chi connectivity index (χ2n) is 5.82. The third kappa shape index (κ3) is 4.05. The van der Waals surface area contributed by atoms with Crippen molar-refractivity contribution in [3.05, 3.63) is 41.7 Å². The number of amides is 1. The van der Waals surface area contributed by atoms with Crippen LogP contribution < -0.4 is 9.80 Å². The molecule has 0 atom stereocenters. The molecular formula is C16H19N7OS. The number of amidine groups is 1. The quantitative estimate of drug-likeness (QED) is 0.805. The van der Waals surface area contributed by atoms with E-state index in [1.165, 1.54) is 22.3 Å². The zero-order valence-corrected chi connectivity index (χ0v) is 15.4. The lowest BCUT2D eigenvalue weighted by Crippen LogP contribution is -2.24. The monoisotopic (exact) mass is 357 g/mol. The Kier molecular flexibility index (Phi) is 4.84. The van der Waals surface area contributed by atoms with Crippen LogP contribution in [-0.2, 0) is 5.75 Å². The highest BCUT2D eigenvalue weighted by Crippen LogP contribution is 2.27. The molecule has 0 N–H and O–H groups in total. The SMILES string of the molecule is CN(C)c1nc(C(=O)N2N=C2SCc2ccccc2)nc(N(C)C)n1. The Hall–Kier alpha value is -2.68. The van der Waals surface area contributed by atoms with Crippen molar-refractivity contribution in [2.45, 2.75) is 5.75 Å². The molecule has 1 amide bonds. The van der Waals surface area contributed by atoms with Crippen molar-refractivity contribution in [2.75, 3.05) is 38.0 Å². The van der Waals surface area contributed by atoms with E-state index in [0.29, 0.717) is 17.1 Å². The first-order valence-electron chi connectivity index (χ1n) is 7.66. The predicted molar refractivity (Wildman–Crippen MR) is 99.8 cm³/mol. The number of hydrogen-bond donors (Lipinski definition) is 0. The van der Waals surface area contributed by atoms with Crippen LogP contribution in [0.4, 0.5) is 11.9 Å². The number of hydrogen-bond acceptors (Lipinski definition) is 8. The molecule has 1 aliphatic heterocycles. The smallest absolute Gasteiger partial charge is 0.318 e. The van der Waals surface area contributed by atoms with Crippen LogP contribution in [0.15, 0.2) is 35.4 Å². The minimum atomic E-state index is -0.343. The van der Waals surface area contributed by atoms with Gasteiger partial charge in [-0.1, -0.05) is 42.1 Å². The van der Waals surface area contributed by atoms with E-state index in [1.54, 1.807) is 9.80 Å². The van der Waals surface area contributed by atoms with E-state index in [2.05, 4.69) is 20.1 Å². The van der Waals surface area contributed by atoms with Gasteiger partial charge >= 0.3 is 5.91 Å². The molecule has 1 aromatic heterocycles. The Bertz CT molecular complexity index is 781. The number of thioether (sulfide) groups is 1. The molecule has 3 rings (SSSR count). The number of hydrazone groups is 1. The van der Waals surface area contributed by atoms with Crippen molar-refractivity contribution in [1.82, 2.24) is 20.0 Å². The van der Waals surface area contributed by atoms with E-state index in [1.807, 2.05) is 58.5 Å². The van der Waals surface area contributed by atoms with E-state index in [0.717, 1.165) is 5.75 Å². The highest BCUT2D eigenvalue weighted by Gasteiger charge is 2.35. The van der Waals surface area contributed by atoms with Crippen molar-refractivity contribution < 1.29 is 4.79 Å². The van der Waals surface area contributed by atoms with Gasteiger partial charge in [0.25, 0.3) is 0 Å². The summed E-state index contributed by atoms with van der Waals surface area (Å²) in [6.45, 7) is 0. The first-order chi connectivity index (χ1) is 12.0. The van der Waals surface area contributed by atoms with Crippen LogP contribution in [0.3, 0.4) is 0 Å². The number of carbonyl (C=O) groups excluding carboxylic acids is 1. The van der Waals surface area contributed by atoms with Crippen molar-refractivity contribution in [2.24, 2.45) is 5.10 Å². The molecule has 0 unspecified atom stereocenters. The van der Waals surface area contributed by atoms with Crippen LogP contribution in [0.25, 0.3) is 0 Å². The zero-order valence-electron chi connectivity index (χ0n) is 14.5. The summed E-state index contributed by atoms with van der Waals surface area (Å²) in [5, 5.41) is 6.14. The van der Waals surface area contributed by atoms with Crippen molar-refractivity contribution in [1.29, 1.82) is 0 Å². The largest absolute Gasteiger partial charge is 0.347 e. The summed E-state index contributed by atoms with van der Waals surface area (Å²) in [6, 6.07) is 10.0. The van der Waals surface area contributed by atoms with Gasteiger partial charge in [-0.15, -0.1) is 5.10 Å². The molecule has 0 radical (unpaired) electrons. The third-order valence-electron chi connectivity index (χ3n) is 3.33. The van der Waals surface area contributed by atoms with Gasteiger partial charge in [0.2, 0.25) is 22.9 Å². The second-order valence-corrected chi connectivity index (χ2v) is 6.76. The topological polar surface area (TPSA) is 77.6 Å². The number of anilines is 2. The number of benzene rings is 1. The Labute approximate surface area is 150 Å². The molecule has 25 heavy (non-hydrogen) atoms. The Balaban J connectivity index is 1.68. The molecule has 9 heteroatoms. The molecule has 1 aromatic carbocycles. The van der Waals surface area contributed by atoms with Crippen molar-refractivity contribution in [3.8, 4) is 0 Å². The molecule has 0 spiro atoms. The fraction of sp³-hybridized carbons (Fsp3) is 0.312. The number of rotatable bonds is 5. The maximum atomic E-state index is 12.6. The number of nitrogens with zero attached hydrogens (tertiary/aromatic N) is 7. The molecule has 0 aliphatic carbocycles. The second kappa shape index (κ2) is 7.06. The summed E-state index contributed by atoms with van der Waals surface area (Å²) in [4.78, 5) is 28.8.